The standard InChI is InChI=1S/C27H23BrN4/c1-18-24(17-20-9-5-3-6-10-20)26(30-23-15-13-22(28)14-16-23)32-27(29-18)25(19(2)31-32)21-11-7-4-8-12-21/h3-16,30H,17H2,1-2H3. The Morgan fingerprint density at radius 1 is 0.812 bits per heavy atom. The lowest BCUT2D eigenvalue weighted by Gasteiger charge is -2.16. The number of anilines is 2. The van der Waals surface area contributed by atoms with Crippen LogP contribution < -0.4 is 5.32 Å². The molecule has 158 valence electrons. The Hall–Kier alpha value is -3.44. The molecule has 1 N–H and O–H groups in total. The van der Waals surface area contributed by atoms with Crippen LogP contribution in [0.25, 0.3) is 16.8 Å². The molecule has 5 heteroatoms. The summed E-state index contributed by atoms with van der Waals surface area (Å²) in [5.74, 6) is 0.948. The summed E-state index contributed by atoms with van der Waals surface area (Å²) in [7, 11) is 0. The molecule has 4 nitrogen and oxygen atoms in total. The van der Waals surface area contributed by atoms with Crippen molar-refractivity contribution in [3.05, 3.63) is 112 Å². The van der Waals surface area contributed by atoms with Crippen molar-refractivity contribution in [2.75, 3.05) is 5.32 Å². The molecule has 0 amide bonds. The van der Waals surface area contributed by atoms with Crippen molar-refractivity contribution in [2.45, 2.75) is 20.3 Å². The van der Waals surface area contributed by atoms with Crippen molar-refractivity contribution in [3.8, 4) is 11.1 Å². The zero-order chi connectivity index (χ0) is 22.1. The molecule has 0 saturated carbocycles. The van der Waals surface area contributed by atoms with E-state index < -0.39 is 0 Å². The van der Waals surface area contributed by atoms with Gasteiger partial charge in [0.15, 0.2) is 5.65 Å². The van der Waals surface area contributed by atoms with Crippen LogP contribution >= 0.6 is 15.9 Å². The number of nitrogens with one attached hydrogen (secondary N) is 1. The van der Waals surface area contributed by atoms with E-state index >= 15 is 0 Å². The van der Waals surface area contributed by atoms with E-state index in [4.69, 9.17) is 10.1 Å². The number of fused-ring (bicyclic) bond motifs is 1. The number of nitrogens with zero attached hydrogens (tertiary/aromatic N) is 3. The number of aromatic nitrogens is 3. The molecule has 3 aromatic carbocycles. The Morgan fingerprint density at radius 2 is 1.47 bits per heavy atom. The largest absolute Gasteiger partial charge is 0.340 e. The molecule has 0 radical (unpaired) electrons. The van der Waals surface area contributed by atoms with Gasteiger partial charge in [-0.25, -0.2) is 4.98 Å². The van der Waals surface area contributed by atoms with Gasteiger partial charge in [0.05, 0.1) is 5.69 Å². The third kappa shape index (κ3) is 3.92. The van der Waals surface area contributed by atoms with Gasteiger partial charge in [0.1, 0.15) is 5.82 Å². The van der Waals surface area contributed by atoms with Crippen molar-refractivity contribution in [1.82, 2.24) is 14.6 Å². The van der Waals surface area contributed by atoms with Crippen molar-refractivity contribution >= 4 is 33.1 Å². The highest BCUT2D eigenvalue weighted by Gasteiger charge is 2.20. The number of halogens is 1. The summed E-state index contributed by atoms with van der Waals surface area (Å²) in [5, 5.41) is 8.56. The molecule has 5 rings (SSSR count). The fourth-order valence-corrected chi connectivity index (χ4v) is 4.32. The summed E-state index contributed by atoms with van der Waals surface area (Å²) >= 11 is 3.52. The van der Waals surface area contributed by atoms with Crippen molar-refractivity contribution in [2.24, 2.45) is 0 Å². The second-order valence-corrected chi connectivity index (χ2v) is 8.80. The molecule has 0 bridgehead atoms. The van der Waals surface area contributed by atoms with Gasteiger partial charge in [-0.05, 0) is 49.2 Å². The van der Waals surface area contributed by atoms with E-state index in [0.29, 0.717) is 0 Å². The van der Waals surface area contributed by atoms with Crippen LogP contribution in [0.4, 0.5) is 11.5 Å². The summed E-state index contributed by atoms with van der Waals surface area (Å²) in [6.07, 6.45) is 0.772. The third-order valence-electron chi connectivity index (χ3n) is 5.64. The van der Waals surface area contributed by atoms with Crippen LogP contribution in [0.5, 0.6) is 0 Å². The van der Waals surface area contributed by atoms with Crippen LogP contribution in [0.2, 0.25) is 0 Å². The third-order valence-corrected chi connectivity index (χ3v) is 6.17. The smallest absolute Gasteiger partial charge is 0.165 e. The normalized spacial score (nSPS) is 11.1. The van der Waals surface area contributed by atoms with Crippen molar-refractivity contribution in [1.29, 1.82) is 0 Å². The van der Waals surface area contributed by atoms with E-state index in [-0.39, 0.29) is 0 Å². The molecule has 2 aromatic heterocycles. The zero-order valence-electron chi connectivity index (χ0n) is 18.0. The Labute approximate surface area is 196 Å². The van der Waals surface area contributed by atoms with Gasteiger partial charge in [-0.15, -0.1) is 0 Å². The first-order valence-corrected chi connectivity index (χ1v) is 11.4. The van der Waals surface area contributed by atoms with Gasteiger partial charge >= 0.3 is 0 Å². The Balaban J connectivity index is 1.73. The van der Waals surface area contributed by atoms with Gasteiger partial charge in [-0.3, -0.25) is 0 Å². The van der Waals surface area contributed by atoms with Gasteiger partial charge in [0, 0.05) is 33.4 Å². The highest BCUT2D eigenvalue weighted by Crippen LogP contribution is 2.33. The van der Waals surface area contributed by atoms with Crippen molar-refractivity contribution in [3.63, 3.8) is 0 Å². The lowest BCUT2D eigenvalue weighted by atomic mass is 10.0. The lowest BCUT2D eigenvalue weighted by molar-refractivity contribution is 0.895. The van der Waals surface area contributed by atoms with E-state index in [9.17, 15) is 0 Å². The Kier molecular flexibility index (Phi) is 5.50. The first kappa shape index (κ1) is 20.5. The van der Waals surface area contributed by atoms with Gasteiger partial charge in [-0.2, -0.15) is 9.61 Å². The van der Waals surface area contributed by atoms with Crippen LogP contribution in [0.1, 0.15) is 22.5 Å². The van der Waals surface area contributed by atoms with Crippen LogP contribution in [0.15, 0.2) is 89.4 Å². The van der Waals surface area contributed by atoms with Crippen molar-refractivity contribution < 1.29 is 0 Å². The summed E-state index contributed by atoms with van der Waals surface area (Å²) in [5.41, 5.74) is 8.39. The number of rotatable bonds is 5. The molecule has 5 aromatic rings. The van der Waals surface area contributed by atoms with Gasteiger partial charge < -0.3 is 5.32 Å². The van der Waals surface area contributed by atoms with Gasteiger partial charge in [0.2, 0.25) is 0 Å². The molecule has 0 unspecified atom stereocenters. The summed E-state index contributed by atoms with van der Waals surface area (Å²) in [4.78, 5) is 5.04. The molecular formula is C27H23BrN4. The molecule has 0 saturated heterocycles. The van der Waals surface area contributed by atoms with E-state index in [1.54, 1.807) is 0 Å². The number of hydrogen-bond acceptors (Lipinski definition) is 3. The van der Waals surface area contributed by atoms with Gasteiger partial charge in [-0.1, -0.05) is 76.6 Å². The SMILES string of the molecule is Cc1nc2c(-c3ccccc3)c(C)nn2c(Nc2ccc(Br)cc2)c1Cc1ccccc1. The average molecular weight is 483 g/mol. The van der Waals surface area contributed by atoms with Crippen LogP contribution in [0, 0.1) is 13.8 Å². The molecule has 32 heavy (non-hydrogen) atoms. The minimum Gasteiger partial charge on any atom is -0.340 e. The molecule has 0 aliphatic carbocycles. The summed E-state index contributed by atoms with van der Waals surface area (Å²) in [6.45, 7) is 4.13. The molecule has 2 heterocycles. The summed E-state index contributed by atoms with van der Waals surface area (Å²) < 4.78 is 3.01. The topological polar surface area (TPSA) is 42.2 Å². The van der Waals surface area contributed by atoms with Gasteiger partial charge in [0.25, 0.3) is 0 Å². The van der Waals surface area contributed by atoms with E-state index in [2.05, 4.69) is 88.8 Å². The van der Waals surface area contributed by atoms with E-state index in [0.717, 1.165) is 56.1 Å². The Morgan fingerprint density at radius 3 is 2.16 bits per heavy atom. The number of benzene rings is 3. The Bertz CT molecular complexity index is 1370. The molecule has 0 fully saturated rings. The second kappa shape index (κ2) is 8.60. The highest BCUT2D eigenvalue weighted by atomic mass is 79.9. The van der Waals surface area contributed by atoms with E-state index in [1.165, 1.54) is 5.56 Å². The fourth-order valence-electron chi connectivity index (χ4n) is 4.05. The average Bonchev–Trinajstić information content (AvgIpc) is 3.14. The molecule has 0 spiro atoms. The molecule has 0 atom stereocenters. The zero-order valence-corrected chi connectivity index (χ0v) is 19.6. The first-order chi connectivity index (χ1) is 15.6. The second-order valence-electron chi connectivity index (χ2n) is 7.88. The highest BCUT2D eigenvalue weighted by molar-refractivity contribution is 9.10. The minimum atomic E-state index is 0.772. The maximum absolute atomic E-state index is 5.04. The minimum absolute atomic E-state index is 0.772. The number of aryl methyl sites for hydroxylation is 2. The monoisotopic (exact) mass is 482 g/mol. The first-order valence-electron chi connectivity index (χ1n) is 10.6. The van der Waals surface area contributed by atoms with Crippen LogP contribution in [-0.2, 0) is 6.42 Å². The quantitative estimate of drug-likeness (QED) is 0.290. The fraction of sp³-hybridized carbons (Fsp3) is 0.111. The predicted octanol–water partition coefficient (Wildman–Crippen LogP) is 7.11. The predicted molar refractivity (Wildman–Crippen MR) is 135 cm³/mol. The maximum atomic E-state index is 5.04. The van der Waals surface area contributed by atoms with E-state index in [1.807, 2.05) is 35.7 Å². The lowest BCUT2D eigenvalue weighted by Crippen LogP contribution is -2.09. The maximum Gasteiger partial charge on any atom is 0.165 e. The number of hydrogen-bond donors (Lipinski definition) is 1. The molecule has 0 aliphatic heterocycles. The van der Waals surface area contributed by atoms with Crippen LogP contribution in [-0.4, -0.2) is 14.6 Å². The summed E-state index contributed by atoms with van der Waals surface area (Å²) in [6, 6.07) is 29.0. The molecule has 0 aliphatic rings. The molecular weight excluding hydrogens is 460 g/mol. The van der Waals surface area contributed by atoms with Crippen LogP contribution in [0.3, 0.4) is 0 Å².